The van der Waals surface area contributed by atoms with Crippen LogP contribution in [0.15, 0.2) is 41.4 Å². The Morgan fingerprint density at radius 1 is 1.30 bits per heavy atom. The van der Waals surface area contributed by atoms with E-state index in [1.54, 1.807) is 12.1 Å². The highest BCUT2D eigenvalue weighted by molar-refractivity contribution is 7.90. The molecule has 1 aromatic heterocycles. The number of hydrogen-bond donors (Lipinski definition) is 2. The van der Waals surface area contributed by atoms with Crippen molar-refractivity contribution in [2.75, 3.05) is 17.3 Å². The first-order chi connectivity index (χ1) is 9.40. The number of hydrogen-bond acceptors (Lipinski definition) is 6. The summed E-state index contributed by atoms with van der Waals surface area (Å²) in [4.78, 5) is 4.28. The number of anilines is 3. The lowest BCUT2D eigenvalue weighted by Crippen LogP contribution is -2.01. The second-order valence-electron chi connectivity index (χ2n) is 4.20. The average molecular weight is 288 g/mol. The first kappa shape index (κ1) is 13.8. The maximum atomic E-state index is 11.3. The Kier molecular flexibility index (Phi) is 3.59. The highest BCUT2D eigenvalue weighted by Gasteiger charge is 2.07. The van der Waals surface area contributed by atoms with Crippen LogP contribution in [0.25, 0.3) is 0 Å². The zero-order valence-electron chi connectivity index (χ0n) is 10.7. The summed E-state index contributed by atoms with van der Waals surface area (Å²) in [6.45, 7) is 0. The highest BCUT2D eigenvalue weighted by atomic mass is 32.2. The topological polar surface area (TPSA) is 109 Å². The minimum absolute atomic E-state index is 0.240. The fourth-order valence-electron chi connectivity index (χ4n) is 1.57. The van der Waals surface area contributed by atoms with Gasteiger partial charge in [-0.1, -0.05) is 0 Å². The predicted octanol–water partition coefficient (Wildman–Crippen LogP) is 1.68. The Morgan fingerprint density at radius 2 is 1.95 bits per heavy atom. The maximum absolute atomic E-state index is 11.3. The third-order valence-electron chi connectivity index (χ3n) is 2.59. The van der Waals surface area contributed by atoms with Gasteiger partial charge in [0, 0.05) is 18.1 Å². The average Bonchev–Trinajstić information content (AvgIpc) is 2.40. The number of sulfone groups is 1. The molecule has 0 aliphatic rings. The summed E-state index contributed by atoms with van der Waals surface area (Å²) in [5.74, 6) is 0.413. The van der Waals surface area contributed by atoms with Crippen LogP contribution >= 0.6 is 0 Å². The molecule has 102 valence electrons. The van der Waals surface area contributed by atoms with Gasteiger partial charge in [-0.05, 0) is 30.3 Å². The fraction of sp³-hybridized carbons (Fsp3) is 0.0769. The van der Waals surface area contributed by atoms with Gasteiger partial charge in [0.1, 0.15) is 6.07 Å². The fourth-order valence-corrected chi connectivity index (χ4v) is 2.20. The molecular weight excluding hydrogens is 276 g/mol. The van der Waals surface area contributed by atoms with Crippen LogP contribution in [0.3, 0.4) is 0 Å². The molecule has 0 atom stereocenters. The van der Waals surface area contributed by atoms with Crippen molar-refractivity contribution < 1.29 is 8.42 Å². The van der Waals surface area contributed by atoms with Gasteiger partial charge in [-0.3, -0.25) is 0 Å². The van der Waals surface area contributed by atoms with Crippen LogP contribution in [0.1, 0.15) is 5.56 Å². The van der Waals surface area contributed by atoms with E-state index in [0.717, 1.165) is 6.26 Å². The van der Waals surface area contributed by atoms with E-state index < -0.39 is 9.84 Å². The number of pyridine rings is 1. The molecular formula is C13H12N4O2S. The summed E-state index contributed by atoms with van der Waals surface area (Å²) in [6, 6.07) is 9.70. The van der Waals surface area contributed by atoms with E-state index >= 15 is 0 Å². The lowest BCUT2D eigenvalue weighted by molar-refractivity contribution is 0.602. The van der Waals surface area contributed by atoms with Crippen molar-refractivity contribution in [1.29, 1.82) is 5.26 Å². The minimum Gasteiger partial charge on any atom is -0.396 e. The Bertz CT molecular complexity index is 777. The van der Waals surface area contributed by atoms with E-state index in [-0.39, 0.29) is 4.90 Å². The molecule has 6 nitrogen and oxygen atoms in total. The van der Waals surface area contributed by atoms with Crippen molar-refractivity contribution in [2.24, 2.45) is 0 Å². The summed E-state index contributed by atoms with van der Waals surface area (Å²) in [5.41, 5.74) is 7.15. The number of nitrogens with two attached hydrogens (primary N) is 1. The molecule has 2 rings (SSSR count). The van der Waals surface area contributed by atoms with Crippen molar-refractivity contribution >= 4 is 27.0 Å². The number of benzene rings is 1. The smallest absolute Gasteiger partial charge is 0.175 e. The summed E-state index contributed by atoms with van der Waals surface area (Å²) in [5, 5.41) is 11.7. The molecule has 0 radical (unpaired) electrons. The zero-order valence-corrected chi connectivity index (χ0v) is 11.5. The molecule has 1 heterocycles. The summed E-state index contributed by atoms with van der Waals surface area (Å²) in [6.07, 6.45) is 2.55. The molecule has 0 saturated carbocycles. The number of aromatic nitrogens is 1. The van der Waals surface area contributed by atoms with Gasteiger partial charge in [0.2, 0.25) is 0 Å². The monoisotopic (exact) mass is 288 g/mol. The lowest BCUT2D eigenvalue weighted by Gasteiger charge is -2.08. The van der Waals surface area contributed by atoms with Gasteiger partial charge in [0.15, 0.2) is 15.7 Å². The van der Waals surface area contributed by atoms with Crippen molar-refractivity contribution in [3.05, 3.63) is 42.1 Å². The first-order valence-electron chi connectivity index (χ1n) is 5.63. The Balaban J connectivity index is 2.25. The molecule has 2 aromatic rings. The third kappa shape index (κ3) is 3.05. The largest absolute Gasteiger partial charge is 0.396 e. The molecule has 3 N–H and O–H groups in total. The normalized spacial score (nSPS) is 10.8. The number of nitrogen functional groups attached to an aromatic ring is 1. The molecule has 0 aliphatic heterocycles. The van der Waals surface area contributed by atoms with Crippen molar-refractivity contribution in [3.8, 4) is 6.07 Å². The van der Waals surface area contributed by atoms with Crippen LogP contribution in [0.4, 0.5) is 17.2 Å². The van der Waals surface area contributed by atoms with Crippen molar-refractivity contribution in [3.63, 3.8) is 0 Å². The molecule has 0 aliphatic carbocycles. The van der Waals surface area contributed by atoms with Crippen LogP contribution < -0.4 is 11.1 Å². The van der Waals surface area contributed by atoms with Crippen molar-refractivity contribution in [1.82, 2.24) is 4.98 Å². The van der Waals surface area contributed by atoms with E-state index in [1.165, 1.54) is 24.4 Å². The Hall–Kier alpha value is -2.59. The van der Waals surface area contributed by atoms with E-state index in [9.17, 15) is 8.42 Å². The van der Waals surface area contributed by atoms with Gasteiger partial charge in [0.05, 0.1) is 16.1 Å². The Labute approximate surface area is 116 Å². The number of nitriles is 1. The van der Waals surface area contributed by atoms with Gasteiger partial charge < -0.3 is 11.1 Å². The summed E-state index contributed by atoms with van der Waals surface area (Å²) >= 11 is 0. The third-order valence-corrected chi connectivity index (χ3v) is 3.72. The lowest BCUT2D eigenvalue weighted by atomic mass is 10.2. The summed E-state index contributed by atoms with van der Waals surface area (Å²) in [7, 11) is -3.21. The van der Waals surface area contributed by atoms with Gasteiger partial charge >= 0.3 is 0 Å². The van der Waals surface area contributed by atoms with E-state index in [4.69, 9.17) is 11.0 Å². The van der Waals surface area contributed by atoms with Crippen LogP contribution in [0.2, 0.25) is 0 Å². The van der Waals surface area contributed by atoms with Crippen molar-refractivity contribution in [2.45, 2.75) is 4.90 Å². The Morgan fingerprint density at radius 3 is 2.45 bits per heavy atom. The van der Waals surface area contributed by atoms with Crippen LogP contribution in [-0.4, -0.2) is 19.7 Å². The van der Waals surface area contributed by atoms with Crippen LogP contribution in [-0.2, 0) is 9.84 Å². The standard InChI is InChI=1S/C13H12N4O2S/c1-20(18,19)11-4-2-10(3-5-11)17-13-12(15)6-9(7-14)8-16-13/h2-6,8H,15H2,1H3,(H,16,17). The molecule has 0 unspecified atom stereocenters. The molecule has 20 heavy (non-hydrogen) atoms. The SMILES string of the molecule is CS(=O)(=O)c1ccc(Nc2ncc(C#N)cc2N)cc1. The van der Waals surface area contributed by atoms with Gasteiger partial charge in [-0.15, -0.1) is 0 Å². The molecule has 0 spiro atoms. The molecule has 7 heteroatoms. The molecule has 0 amide bonds. The second kappa shape index (κ2) is 5.19. The highest BCUT2D eigenvalue weighted by Crippen LogP contribution is 2.22. The molecule has 0 saturated heterocycles. The minimum atomic E-state index is -3.21. The summed E-state index contributed by atoms with van der Waals surface area (Å²) < 4.78 is 22.7. The zero-order chi connectivity index (χ0) is 14.8. The number of nitrogens with one attached hydrogen (secondary N) is 1. The van der Waals surface area contributed by atoms with Gasteiger partial charge in [-0.2, -0.15) is 5.26 Å². The van der Waals surface area contributed by atoms with E-state index in [0.29, 0.717) is 22.8 Å². The number of rotatable bonds is 3. The van der Waals surface area contributed by atoms with E-state index in [1.807, 2.05) is 6.07 Å². The van der Waals surface area contributed by atoms with E-state index in [2.05, 4.69) is 10.3 Å². The first-order valence-corrected chi connectivity index (χ1v) is 7.52. The molecule has 1 aromatic carbocycles. The molecule has 0 fully saturated rings. The molecule has 0 bridgehead atoms. The predicted molar refractivity (Wildman–Crippen MR) is 76.2 cm³/mol. The quantitative estimate of drug-likeness (QED) is 0.889. The maximum Gasteiger partial charge on any atom is 0.175 e. The second-order valence-corrected chi connectivity index (χ2v) is 6.21. The van der Waals surface area contributed by atoms with Crippen LogP contribution in [0, 0.1) is 11.3 Å². The van der Waals surface area contributed by atoms with Gasteiger partial charge in [-0.25, -0.2) is 13.4 Å². The number of nitrogens with zero attached hydrogens (tertiary/aromatic N) is 2. The van der Waals surface area contributed by atoms with Gasteiger partial charge in [0.25, 0.3) is 0 Å². The van der Waals surface area contributed by atoms with Crippen LogP contribution in [0.5, 0.6) is 0 Å².